The number of nitrogens with one attached hydrogen (secondary N) is 2. The van der Waals surface area contributed by atoms with Crippen LogP contribution in [-0.2, 0) is 22.6 Å². The minimum absolute atomic E-state index is 0.0234. The van der Waals surface area contributed by atoms with Crippen LogP contribution >= 0.6 is 0 Å². The number of aliphatic hydroxyl groups is 2. The Labute approximate surface area is 273 Å². The third kappa shape index (κ3) is 9.12. The third-order valence-corrected chi connectivity index (χ3v) is 9.55. The number of hydrogen-bond donors (Lipinski definition) is 4. The molecule has 9 nitrogen and oxygen atoms in total. The summed E-state index contributed by atoms with van der Waals surface area (Å²) in [6, 6.07) is 11.0. The average molecular weight is 630 g/mol. The van der Waals surface area contributed by atoms with Crippen LogP contribution in [0.5, 0.6) is 0 Å². The number of carbonyl (C=O) groups excluding carboxylic acids is 2. The van der Waals surface area contributed by atoms with Gasteiger partial charge in [-0.2, -0.15) is 0 Å². The van der Waals surface area contributed by atoms with Crippen molar-refractivity contribution in [3.63, 3.8) is 0 Å². The lowest BCUT2D eigenvalue weighted by molar-refractivity contribution is -0.131. The molecule has 1 aromatic heterocycles. The monoisotopic (exact) mass is 629 g/mol. The summed E-state index contributed by atoms with van der Waals surface area (Å²) in [6.07, 6.45) is 13.6. The van der Waals surface area contributed by atoms with Crippen molar-refractivity contribution in [1.29, 1.82) is 0 Å². The van der Waals surface area contributed by atoms with E-state index < -0.39 is 30.2 Å². The van der Waals surface area contributed by atoms with E-state index in [9.17, 15) is 19.8 Å². The molecule has 5 rings (SSSR count). The lowest BCUT2D eigenvalue weighted by atomic mass is 9.89. The molecule has 248 valence electrons. The molecule has 2 heterocycles. The minimum Gasteiger partial charge on any atom is -0.392 e. The van der Waals surface area contributed by atoms with E-state index in [1.165, 1.54) is 0 Å². The maximum Gasteiger partial charge on any atom is 0.238 e. The molecule has 1 saturated heterocycles. The molecule has 9 heteroatoms. The van der Waals surface area contributed by atoms with Crippen LogP contribution in [-0.4, -0.2) is 87.3 Å². The van der Waals surface area contributed by atoms with Gasteiger partial charge in [-0.3, -0.25) is 24.4 Å². The minimum atomic E-state index is -0.807. The number of aliphatic hydroxyl groups excluding tert-OH is 2. The molecule has 2 aromatic rings. The molecule has 0 spiro atoms. The van der Waals surface area contributed by atoms with Gasteiger partial charge < -0.3 is 20.8 Å². The van der Waals surface area contributed by atoms with E-state index in [2.05, 4.69) is 50.6 Å². The van der Waals surface area contributed by atoms with Crippen LogP contribution in [0.4, 0.5) is 0 Å². The molecule has 2 amide bonds. The number of nitrogens with zero attached hydrogens (tertiary/aromatic N) is 3. The zero-order valence-electron chi connectivity index (χ0n) is 27.4. The number of pyridine rings is 1. The first-order valence-corrected chi connectivity index (χ1v) is 17.1. The quantitative estimate of drug-likeness (QED) is 0.252. The summed E-state index contributed by atoms with van der Waals surface area (Å²) < 4.78 is 0. The average Bonchev–Trinajstić information content (AvgIpc) is 3.36. The maximum atomic E-state index is 13.9. The van der Waals surface area contributed by atoms with Gasteiger partial charge in [0.1, 0.15) is 6.04 Å². The largest absolute Gasteiger partial charge is 0.392 e. The first-order valence-electron chi connectivity index (χ1n) is 17.1. The molecule has 4 N–H and O–H groups in total. The SMILES string of the molecule is CCCC(C)NC(=O)[C@@H]1CN(Cc2cccnc2)CCN1CC(O)CC(CC1=CCCC=C1)C(=O)NC1c2ccccc2C[C@H]1O. The number of carbonyl (C=O) groups is 2. The van der Waals surface area contributed by atoms with E-state index in [0.717, 1.165) is 54.5 Å². The lowest BCUT2D eigenvalue weighted by Gasteiger charge is -2.42. The van der Waals surface area contributed by atoms with Gasteiger partial charge in [-0.1, -0.05) is 67.5 Å². The molecule has 6 atom stereocenters. The van der Waals surface area contributed by atoms with E-state index in [4.69, 9.17) is 0 Å². The van der Waals surface area contributed by atoms with Crippen LogP contribution in [0, 0.1) is 5.92 Å². The number of amides is 2. The second-order valence-electron chi connectivity index (χ2n) is 13.3. The van der Waals surface area contributed by atoms with Gasteiger partial charge in [-0.05, 0) is 61.8 Å². The number of β-amino-alcohol motifs (C(OH)–C–C–N with tert-alkyl or cyclic N) is 1. The van der Waals surface area contributed by atoms with Crippen molar-refractivity contribution < 1.29 is 19.8 Å². The van der Waals surface area contributed by atoms with E-state index >= 15 is 0 Å². The Kier molecular flexibility index (Phi) is 12.2. The summed E-state index contributed by atoms with van der Waals surface area (Å²) in [5.74, 6) is -0.666. The topological polar surface area (TPSA) is 118 Å². The van der Waals surface area contributed by atoms with Gasteiger partial charge in [0.2, 0.25) is 11.8 Å². The normalized spacial score (nSPS) is 23.7. The van der Waals surface area contributed by atoms with Gasteiger partial charge in [0.25, 0.3) is 0 Å². The van der Waals surface area contributed by atoms with Gasteiger partial charge in [0.15, 0.2) is 0 Å². The highest BCUT2D eigenvalue weighted by atomic mass is 16.3. The number of hydrogen-bond acceptors (Lipinski definition) is 7. The summed E-state index contributed by atoms with van der Waals surface area (Å²) in [7, 11) is 0. The predicted octanol–water partition coefficient (Wildman–Crippen LogP) is 3.68. The first kappa shape index (κ1) is 34.0. The van der Waals surface area contributed by atoms with Crippen LogP contribution in [0.2, 0.25) is 0 Å². The number of fused-ring (bicyclic) bond motifs is 1. The van der Waals surface area contributed by atoms with Gasteiger partial charge in [-0.15, -0.1) is 0 Å². The van der Waals surface area contributed by atoms with Gasteiger partial charge >= 0.3 is 0 Å². The smallest absolute Gasteiger partial charge is 0.238 e. The van der Waals surface area contributed by atoms with Gasteiger partial charge in [0.05, 0.1) is 18.2 Å². The van der Waals surface area contributed by atoms with E-state index in [-0.39, 0.29) is 24.3 Å². The Bertz CT molecular complexity index is 1360. The third-order valence-electron chi connectivity index (χ3n) is 9.55. The second-order valence-corrected chi connectivity index (χ2v) is 13.3. The van der Waals surface area contributed by atoms with Crippen molar-refractivity contribution in [1.82, 2.24) is 25.4 Å². The highest BCUT2D eigenvalue weighted by Crippen LogP contribution is 2.32. The highest BCUT2D eigenvalue weighted by molar-refractivity contribution is 5.82. The molecule has 46 heavy (non-hydrogen) atoms. The Morgan fingerprint density at radius 2 is 1.98 bits per heavy atom. The molecule has 0 saturated carbocycles. The molecular formula is C37H51N5O4. The number of piperazine rings is 1. The fourth-order valence-corrected chi connectivity index (χ4v) is 7.16. The predicted molar refractivity (Wildman–Crippen MR) is 180 cm³/mol. The summed E-state index contributed by atoms with van der Waals surface area (Å²) >= 11 is 0. The molecule has 3 aliphatic rings. The molecular weight excluding hydrogens is 578 g/mol. The second kappa shape index (κ2) is 16.5. The molecule has 1 aromatic carbocycles. The van der Waals surface area contributed by atoms with Crippen LogP contribution < -0.4 is 10.6 Å². The summed E-state index contributed by atoms with van der Waals surface area (Å²) in [5.41, 5.74) is 4.20. The number of allylic oxidation sites excluding steroid dienone is 4. The molecule has 4 unspecified atom stereocenters. The summed E-state index contributed by atoms with van der Waals surface area (Å²) in [6.45, 7) is 7.10. The zero-order valence-corrected chi connectivity index (χ0v) is 27.4. The van der Waals surface area contributed by atoms with E-state index in [1.807, 2.05) is 49.5 Å². The van der Waals surface area contributed by atoms with Crippen molar-refractivity contribution in [3.05, 3.63) is 89.3 Å². The molecule has 0 radical (unpaired) electrons. The fourth-order valence-electron chi connectivity index (χ4n) is 7.16. The van der Waals surface area contributed by atoms with E-state index in [1.54, 1.807) is 6.20 Å². The first-order chi connectivity index (χ1) is 22.3. The summed E-state index contributed by atoms with van der Waals surface area (Å²) in [5, 5.41) is 28.7. The Morgan fingerprint density at radius 1 is 1.13 bits per heavy atom. The van der Waals surface area contributed by atoms with Crippen molar-refractivity contribution >= 4 is 11.8 Å². The summed E-state index contributed by atoms with van der Waals surface area (Å²) in [4.78, 5) is 36.1. The van der Waals surface area contributed by atoms with E-state index in [0.29, 0.717) is 39.0 Å². The van der Waals surface area contributed by atoms with Crippen LogP contribution in [0.1, 0.15) is 75.1 Å². The molecule has 1 fully saturated rings. The standard InChI is InChI=1S/C37H51N5O4/c1-3-10-26(2)39-37(46)33-25-41(23-28-13-9-16-38-22-28)17-18-42(33)24-31(43)20-30(19-27-11-5-4-6-12-27)36(45)40-35-32-15-8-7-14-29(32)21-34(35)44/h5,7-9,11-16,22,26,30-31,33-35,43-44H,3-4,6,10,17-21,23-25H2,1-2H3,(H,39,46)(H,40,45)/t26?,30?,31?,33-,34+,35?/m0/s1. The number of rotatable bonds is 14. The fraction of sp³-hybridized carbons (Fsp3) is 0.541. The van der Waals surface area contributed by atoms with Crippen LogP contribution in [0.25, 0.3) is 0 Å². The Morgan fingerprint density at radius 3 is 2.74 bits per heavy atom. The number of benzene rings is 1. The van der Waals surface area contributed by atoms with Crippen LogP contribution in [0.3, 0.4) is 0 Å². The molecule has 0 bridgehead atoms. The Balaban J connectivity index is 1.27. The van der Waals surface area contributed by atoms with Gasteiger partial charge in [0, 0.05) is 63.5 Å². The number of aromatic nitrogens is 1. The lowest BCUT2D eigenvalue weighted by Crippen LogP contribution is -2.60. The van der Waals surface area contributed by atoms with Crippen LogP contribution in [0.15, 0.2) is 72.6 Å². The van der Waals surface area contributed by atoms with Crippen molar-refractivity contribution in [2.24, 2.45) is 5.92 Å². The van der Waals surface area contributed by atoms with Gasteiger partial charge in [-0.25, -0.2) is 0 Å². The highest BCUT2D eigenvalue weighted by Gasteiger charge is 2.37. The molecule has 1 aliphatic heterocycles. The zero-order chi connectivity index (χ0) is 32.5. The Hall–Kier alpha value is -3.37. The van der Waals surface area contributed by atoms with Crippen molar-refractivity contribution in [2.45, 2.75) is 95.7 Å². The van der Waals surface area contributed by atoms with Crippen molar-refractivity contribution in [3.8, 4) is 0 Å². The maximum absolute atomic E-state index is 13.9. The van der Waals surface area contributed by atoms with Crippen molar-refractivity contribution in [2.75, 3.05) is 26.2 Å². The molecule has 2 aliphatic carbocycles.